The summed E-state index contributed by atoms with van der Waals surface area (Å²) in [5.41, 5.74) is 1.46. The number of piperidine rings is 1. The van der Waals surface area contributed by atoms with Crippen molar-refractivity contribution < 1.29 is 24.2 Å². The normalized spacial score (nSPS) is 16.7. The van der Waals surface area contributed by atoms with Gasteiger partial charge in [0.05, 0.1) is 18.3 Å². The largest absolute Gasteiger partial charge is 0.490 e. The van der Waals surface area contributed by atoms with E-state index in [-0.39, 0.29) is 18.4 Å². The third-order valence-corrected chi connectivity index (χ3v) is 6.63. The van der Waals surface area contributed by atoms with Crippen LogP contribution in [0.1, 0.15) is 50.5 Å². The van der Waals surface area contributed by atoms with Gasteiger partial charge in [-0.15, -0.1) is 0 Å². The third-order valence-electron chi connectivity index (χ3n) is 6.41. The Morgan fingerprint density at radius 3 is 2.39 bits per heavy atom. The highest BCUT2D eigenvalue weighted by atomic mass is 32.1. The highest BCUT2D eigenvalue weighted by Gasteiger charge is 2.25. The number of amides is 1. The number of rotatable bonds is 7. The SMILES string of the molecule is O=C(O)Cc1ccc(OC2CCN(C(=O)Oc3ccc(NC(=S)NC4CCCCC4)cn3)CC2)cc1. The van der Waals surface area contributed by atoms with Gasteiger partial charge in [-0.3, -0.25) is 4.79 Å². The lowest BCUT2D eigenvalue weighted by atomic mass is 9.96. The van der Waals surface area contributed by atoms with Gasteiger partial charge in [-0.05, 0) is 48.8 Å². The van der Waals surface area contributed by atoms with Gasteiger partial charge in [-0.2, -0.15) is 0 Å². The van der Waals surface area contributed by atoms with Crippen LogP contribution >= 0.6 is 12.2 Å². The molecule has 2 aromatic rings. The maximum Gasteiger partial charge on any atom is 0.416 e. The van der Waals surface area contributed by atoms with Crippen LogP contribution in [-0.4, -0.2) is 57.4 Å². The molecule has 1 aliphatic heterocycles. The van der Waals surface area contributed by atoms with Crippen LogP contribution in [0.4, 0.5) is 10.5 Å². The van der Waals surface area contributed by atoms with Crippen molar-refractivity contribution in [2.75, 3.05) is 18.4 Å². The van der Waals surface area contributed by atoms with Crippen molar-refractivity contribution in [2.24, 2.45) is 0 Å². The van der Waals surface area contributed by atoms with E-state index < -0.39 is 12.1 Å². The second-order valence-corrected chi connectivity index (χ2v) is 9.61. The van der Waals surface area contributed by atoms with Gasteiger partial charge in [0.2, 0.25) is 5.88 Å². The molecule has 0 spiro atoms. The Labute approximate surface area is 216 Å². The van der Waals surface area contributed by atoms with Crippen molar-refractivity contribution in [3.63, 3.8) is 0 Å². The molecule has 2 fully saturated rings. The van der Waals surface area contributed by atoms with Gasteiger partial charge in [0, 0.05) is 38.0 Å². The number of nitrogens with zero attached hydrogens (tertiary/aromatic N) is 2. The summed E-state index contributed by atoms with van der Waals surface area (Å²) in [5.74, 6) is 0.0602. The first-order valence-corrected chi connectivity index (χ1v) is 12.8. The molecule has 3 N–H and O–H groups in total. The number of carboxylic acid groups (broad SMARTS) is 1. The summed E-state index contributed by atoms with van der Waals surface area (Å²) >= 11 is 5.40. The lowest BCUT2D eigenvalue weighted by molar-refractivity contribution is -0.136. The van der Waals surface area contributed by atoms with Gasteiger partial charge in [0.15, 0.2) is 5.11 Å². The Hall–Kier alpha value is -3.40. The predicted molar refractivity (Wildman–Crippen MR) is 139 cm³/mol. The van der Waals surface area contributed by atoms with E-state index in [0.717, 1.165) is 24.1 Å². The second-order valence-electron chi connectivity index (χ2n) is 9.21. The van der Waals surface area contributed by atoms with Gasteiger partial charge >= 0.3 is 12.1 Å². The molecule has 0 atom stereocenters. The van der Waals surface area contributed by atoms with Gasteiger partial charge in [0.25, 0.3) is 0 Å². The summed E-state index contributed by atoms with van der Waals surface area (Å²) in [6.45, 7) is 1.03. The molecule has 0 bridgehead atoms. The quantitative estimate of drug-likeness (QED) is 0.466. The van der Waals surface area contributed by atoms with Crippen LogP contribution in [0.25, 0.3) is 0 Å². The first-order chi connectivity index (χ1) is 17.4. The standard InChI is InChI=1S/C26H32N4O5S/c31-24(32)16-18-6-9-21(10-7-18)34-22-12-14-30(15-13-22)26(33)35-23-11-8-20(17-27-23)29-25(36)28-19-4-2-1-3-5-19/h6-11,17,19,22H,1-5,12-16H2,(H,31,32)(H2,28,29,36). The number of benzene rings is 1. The zero-order valence-corrected chi connectivity index (χ0v) is 21.0. The zero-order valence-electron chi connectivity index (χ0n) is 20.2. The molecule has 1 saturated heterocycles. The number of carbonyl (C=O) groups excluding carboxylic acids is 1. The van der Waals surface area contributed by atoms with Crippen LogP contribution in [0.3, 0.4) is 0 Å². The minimum Gasteiger partial charge on any atom is -0.490 e. The number of nitrogens with one attached hydrogen (secondary N) is 2. The van der Waals surface area contributed by atoms with Crippen LogP contribution in [0.5, 0.6) is 11.6 Å². The van der Waals surface area contributed by atoms with Crippen LogP contribution in [-0.2, 0) is 11.2 Å². The number of hydrogen-bond donors (Lipinski definition) is 3. The van der Waals surface area contributed by atoms with E-state index in [0.29, 0.717) is 42.8 Å². The van der Waals surface area contributed by atoms with Crippen molar-refractivity contribution in [2.45, 2.75) is 63.5 Å². The predicted octanol–water partition coefficient (Wildman–Crippen LogP) is 4.37. The summed E-state index contributed by atoms with van der Waals surface area (Å²) in [7, 11) is 0. The highest BCUT2D eigenvalue weighted by Crippen LogP contribution is 2.21. The highest BCUT2D eigenvalue weighted by molar-refractivity contribution is 7.80. The smallest absolute Gasteiger partial charge is 0.416 e. The molecule has 0 radical (unpaired) electrons. The maximum absolute atomic E-state index is 12.6. The van der Waals surface area contributed by atoms with Crippen LogP contribution in [0.2, 0.25) is 0 Å². The lowest BCUT2D eigenvalue weighted by Gasteiger charge is -2.31. The first-order valence-electron chi connectivity index (χ1n) is 12.4. The Morgan fingerprint density at radius 2 is 1.75 bits per heavy atom. The molecule has 36 heavy (non-hydrogen) atoms. The third kappa shape index (κ3) is 7.81. The average Bonchev–Trinajstić information content (AvgIpc) is 2.87. The van der Waals surface area contributed by atoms with E-state index in [1.165, 1.54) is 19.3 Å². The molecule has 4 rings (SSSR count). The summed E-state index contributed by atoms with van der Waals surface area (Å²) in [5, 5.41) is 15.9. The molecule has 1 saturated carbocycles. The van der Waals surface area contributed by atoms with Gasteiger partial charge < -0.3 is 30.1 Å². The minimum absolute atomic E-state index is 0.0140. The van der Waals surface area contributed by atoms with E-state index in [2.05, 4.69) is 15.6 Å². The van der Waals surface area contributed by atoms with E-state index in [9.17, 15) is 9.59 Å². The molecule has 1 aromatic heterocycles. The van der Waals surface area contributed by atoms with Crippen LogP contribution in [0, 0.1) is 0 Å². The molecule has 10 heteroatoms. The van der Waals surface area contributed by atoms with Crippen molar-refractivity contribution >= 4 is 35.1 Å². The second kappa shape index (κ2) is 12.5. The summed E-state index contributed by atoms with van der Waals surface area (Å²) in [4.78, 5) is 29.2. The number of aromatic nitrogens is 1. The molecule has 1 aliphatic carbocycles. The molecule has 0 unspecified atom stereocenters. The summed E-state index contributed by atoms with van der Waals surface area (Å²) < 4.78 is 11.4. The number of aliphatic carboxylic acids is 1. The fourth-order valence-corrected chi connectivity index (χ4v) is 4.76. The van der Waals surface area contributed by atoms with E-state index in [4.69, 9.17) is 26.8 Å². The Morgan fingerprint density at radius 1 is 1.03 bits per heavy atom. The number of hydrogen-bond acceptors (Lipinski definition) is 6. The van der Waals surface area contributed by atoms with Crippen molar-refractivity contribution in [3.05, 3.63) is 48.2 Å². The summed E-state index contributed by atoms with van der Waals surface area (Å²) in [6.07, 6.45) is 8.51. The first kappa shape index (κ1) is 25.7. The number of pyridine rings is 1. The molecule has 1 amide bonds. The minimum atomic E-state index is -0.864. The number of carbonyl (C=O) groups is 2. The lowest BCUT2D eigenvalue weighted by Crippen LogP contribution is -2.43. The summed E-state index contributed by atoms with van der Waals surface area (Å²) in [6, 6.07) is 10.9. The fraction of sp³-hybridized carbons (Fsp3) is 0.462. The number of likely N-dealkylation sites (tertiary alicyclic amines) is 1. The van der Waals surface area contributed by atoms with E-state index >= 15 is 0 Å². The molecular formula is C26H32N4O5S. The Kier molecular flexibility index (Phi) is 8.94. The molecule has 192 valence electrons. The molecule has 1 aromatic carbocycles. The van der Waals surface area contributed by atoms with Crippen molar-refractivity contribution in [3.8, 4) is 11.6 Å². The molecular weight excluding hydrogens is 480 g/mol. The van der Waals surface area contributed by atoms with Crippen LogP contribution < -0.4 is 20.1 Å². The number of ether oxygens (including phenoxy) is 2. The van der Waals surface area contributed by atoms with Gasteiger partial charge in [-0.25, -0.2) is 9.78 Å². The Balaban J connectivity index is 1.18. The zero-order chi connectivity index (χ0) is 25.3. The molecule has 2 heterocycles. The number of anilines is 1. The monoisotopic (exact) mass is 512 g/mol. The average molecular weight is 513 g/mol. The number of carboxylic acids is 1. The molecule has 9 nitrogen and oxygen atoms in total. The number of thiocarbonyl (C=S) groups is 1. The Bertz CT molecular complexity index is 1030. The fourth-order valence-electron chi connectivity index (χ4n) is 4.48. The van der Waals surface area contributed by atoms with Crippen LogP contribution in [0.15, 0.2) is 42.6 Å². The molecule has 2 aliphatic rings. The topological polar surface area (TPSA) is 113 Å². The van der Waals surface area contributed by atoms with Gasteiger partial charge in [-0.1, -0.05) is 31.4 Å². The van der Waals surface area contributed by atoms with E-state index in [1.54, 1.807) is 47.5 Å². The van der Waals surface area contributed by atoms with Crippen molar-refractivity contribution in [1.29, 1.82) is 0 Å². The maximum atomic E-state index is 12.6. The van der Waals surface area contributed by atoms with Crippen molar-refractivity contribution in [1.82, 2.24) is 15.2 Å². The van der Waals surface area contributed by atoms with E-state index in [1.807, 2.05) is 0 Å². The van der Waals surface area contributed by atoms with Gasteiger partial charge in [0.1, 0.15) is 11.9 Å².